The minimum absolute atomic E-state index is 0.0658. The van der Waals surface area contributed by atoms with Gasteiger partial charge in [-0.25, -0.2) is 0 Å². The number of β-amino-alcohol motifs (C(OH)–C–C–N with tert-alkyl or cyclic N) is 1. The van der Waals surface area contributed by atoms with Gasteiger partial charge in [0.15, 0.2) is 0 Å². The molecule has 1 fully saturated rings. The molecule has 0 aromatic heterocycles. The molecule has 1 saturated heterocycles. The van der Waals surface area contributed by atoms with E-state index in [0.29, 0.717) is 0 Å². The summed E-state index contributed by atoms with van der Waals surface area (Å²) < 4.78 is 5.27. The van der Waals surface area contributed by atoms with Crippen LogP contribution in [0.3, 0.4) is 0 Å². The number of aliphatic carboxylic acids is 1. The number of likely N-dealkylation sites (tertiary alicyclic amines) is 1. The maximum absolute atomic E-state index is 12.1. The summed E-state index contributed by atoms with van der Waals surface area (Å²) in [6.45, 7) is 4.03. The molecule has 0 bridgehead atoms. The van der Waals surface area contributed by atoms with Crippen LogP contribution in [0.15, 0.2) is 30.3 Å². The molecule has 23 heavy (non-hydrogen) atoms. The van der Waals surface area contributed by atoms with Crippen molar-refractivity contribution in [1.29, 1.82) is 0 Å². The van der Waals surface area contributed by atoms with Gasteiger partial charge in [-0.15, -0.1) is 0 Å². The number of carbonyl (C=O) groups is 2. The van der Waals surface area contributed by atoms with Crippen molar-refractivity contribution in [3.05, 3.63) is 35.9 Å². The minimum atomic E-state index is -0.979. The van der Waals surface area contributed by atoms with E-state index in [1.807, 2.05) is 30.3 Å². The first-order chi connectivity index (χ1) is 10.8. The Balaban J connectivity index is 1.94. The van der Waals surface area contributed by atoms with E-state index in [4.69, 9.17) is 4.74 Å². The Hall–Kier alpha value is -1.92. The van der Waals surface area contributed by atoms with Gasteiger partial charge >= 0.3 is 11.9 Å². The van der Waals surface area contributed by atoms with Crippen molar-refractivity contribution in [1.82, 2.24) is 4.90 Å². The molecule has 1 aliphatic heterocycles. The van der Waals surface area contributed by atoms with Crippen molar-refractivity contribution >= 4 is 11.9 Å². The molecule has 2 atom stereocenters. The van der Waals surface area contributed by atoms with E-state index in [2.05, 4.69) is 0 Å². The number of rotatable bonds is 6. The Kier molecular flexibility index (Phi) is 5.38. The van der Waals surface area contributed by atoms with Crippen molar-refractivity contribution in [2.24, 2.45) is 0 Å². The van der Waals surface area contributed by atoms with Crippen LogP contribution in [0.4, 0.5) is 0 Å². The van der Waals surface area contributed by atoms with Crippen LogP contribution >= 0.6 is 0 Å². The van der Waals surface area contributed by atoms with Crippen molar-refractivity contribution in [2.75, 3.05) is 6.54 Å². The summed E-state index contributed by atoms with van der Waals surface area (Å²) in [6.07, 6.45) is -0.440. The molecule has 0 spiro atoms. The highest BCUT2D eigenvalue weighted by Gasteiger charge is 2.44. The summed E-state index contributed by atoms with van der Waals surface area (Å²) in [7, 11) is 0. The van der Waals surface area contributed by atoms with Gasteiger partial charge in [0.05, 0.1) is 12.5 Å². The summed E-state index contributed by atoms with van der Waals surface area (Å²) in [6, 6.07) is 8.60. The maximum Gasteiger partial charge on any atom is 0.321 e. The predicted molar refractivity (Wildman–Crippen MR) is 83.7 cm³/mol. The fraction of sp³-hybridized carbons (Fsp3) is 0.529. The fourth-order valence-corrected chi connectivity index (χ4v) is 2.96. The number of aliphatic hydroxyl groups is 1. The Labute approximate surface area is 135 Å². The lowest BCUT2D eigenvalue weighted by atomic mass is 9.97. The largest absolute Gasteiger partial charge is 0.480 e. The highest BCUT2D eigenvalue weighted by molar-refractivity contribution is 5.75. The second kappa shape index (κ2) is 7.10. The van der Waals surface area contributed by atoms with Crippen LogP contribution in [0.5, 0.6) is 0 Å². The zero-order valence-electron chi connectivity index (χ0n) is 13.4. The number of carbonyl (C=O) groups excluding carboxylic acids is 1. The van der Waals surface area contributed by atoms with E-state index < -0.39 is 23.7 Å². The summed E-state index contributed by atoms with van der Waals surface area (Å²) in [5.41, 5.74) is 0.201. The second-order valence-electron chi connectivity index (χ2n) is 6.53. The fourth-order valence-electron chi connectivity index (χ4n) is 2.96. The Morgan fingerprint density at radius 3 is 2.57 bits per heavy atom. The molecule has 2 rings (SSSR count). The molecule has 1 heterocycles. The predicted octanol–water partition coefficient (Wildman–Crippen LogP) is 1.42. The Bertz CT molecular complexity index is 557. The third-order valence-electron chi connectivity index (χ3n) is 4.16. The van der Waals surface area contributed by atoms with Crippen LogP contribution in [0.25, 0.3) is 0 Å². The molecule has 0 saturated carbocycles. The first kappa shape index (κ1) is 17.4. The van der Waals surface area contributed by atoms with E-state index in [9.17, 15) is 19.8 Å². The average molecular weight is 321 g/mol. The summed E-state index contributed by atoms with van der Waals surface area (Å²) in [4.78, 5) is 25.1. The van der Waals surface area contributed by atoms with E-state index in [-0.39, 0.29) is 32.0 Å². The van der Waals surface area contributed by atoms with Crippen LogP contribution in [0.2, 0.25) is 0 Å². The van der Waals surface area contributed by atoms with Crippen LogP contribution in [0, 0.1) is 0 Å². The normalized spacial score (nSPS) is 22.0. The molecule has 2 N–H and O–H groups in total. The Morgan fingerprint density at radius 2 is 1.96 bits per heavy atom. The van der Waals surface area contributed by atoms with Gasteiger partial charge in [-0.3, -0.25) is 14.5 Å². The number of carboxylic acid groups (broad SMARTS) is 1. The molecule has 1 aliphatic rings. The lowest BCUT2D eigenvalue weighted by Gasteiger charge is -2.37. The molecule has 126 valence electrons. The van der Waals surface area contributed by atoms with Gasteiger partial charge in [0.2, 0.25) is 0 Å². The number of ether oxygens (including phenoxy) is 1. The van der Waals surface area contributed by atoms with Gasteiger partial charge in [0.25, 0.3) is 0 Å². The van der Waals surface area contributed by atoms with E-state index >= 15 is 0 Å². The van der Waals surface area contributed by atoms with Crippen LogP contribution < -0.4 is 0 Å². The number of hydrogen-bond donors (Lipinski definition) is 2. The van der Waals surface area contributed by atoms with Gasteiger partial charge in [-0.05, 0) is 19.4 Å². The standard InChI is InChI=1S/C17H23NO5/c1-17(2,18-10-13(19)8-14(18)16(21)22)9-15(20)23-11-12-6-4-3-5-7-12/h3-7,13-14,19H,8-11H2,1-2H3,(H,21,22)/t13?,14-/m0/s1. The number of hydrogen-bond acceptors (Lipinski definition) is 5. The average Bonchev–Trinajstić information content (AvgIpc) is 2.89. The highest BCUT2D eigenvalue weighted by Crippen LogP contribution is 2.30. The minimum Gasteiger partial charge on any atom is -0.480 e. The molecule has 0 amide bonds. The molecule has 0 aliphatic carbocycles. The van der Waals surface area contributed by atoms with Gasteiger partial charge in [-0.1, -0.05) is 30.3 Å². The van der Waals surface area contributed by atoms with Crippen molar-refractivity contribution in [2.45, 2.75) is 51.0 Å². The SMILES string of the molecule is CC(C)(CC(=O)OCc1ccccc1)N1CC(O)C[C@H]1C(=O)O. The van der Waals surface area contributed by atoms with Crippen molar-refractivity contribution in [3.8, 4) is 0 Å². The summed E-state index contributed by atoms with van der Waals surface area (Å²) >= 11 is 0. The van der Waals surface area contributed by atoms with Gasteiger partial charge in [0.1, 0.15) is 12.6 Å². The van der Waals surface area contributed by atoms with E-state index in [1.165, 1.54) is 0 Å². The molecule has 1 aromatic rings. The monoisotopic (exact) mass is 321 g/mol. The highest BCUT2D eigenvalue weighted by atomic mass is 16.5. The maximum atomic E-state index is 12.1. The molecule has 1 unspecified atom stereocenters. The topological polar surface area (TPSA) is 87.1 Å². The Morgan fingerprint density at radius 1 is 1.30 bits per heavy atom. The number of aliphatic hydroxyl groups excluding tert-OH is 1. The molecule has 0 radical (unpaired) electrons. The van der Waals surface area contributed by atoms with Crippen LogP contribution in [-0.2, 0) is 20.9 Å². The second-order valence-corrected chi connectivity index (χ2v) is 6.53. The molecular weight excluding hydrogens is 298 g/mol. The molecule has 6 nitrogen and oxygen atoms in total. The molecular formula is C17H23NO5. The lowest BCUT2D eigenvalue weighted by Crippen LogP contribution is -2.51. The van der Waals surface area contributed by atoms with Crippen LogP contribution in [0.1, 0.15) is 32.3 Å². The van der Waals surface area contributed by atoms with Gasteiger partial charge in [0, 0.05) is 18.5 Å². The lowest BCUT2D eigenvalue weighted by molar-refractivity contribution is -0.151. The summed E-state index contributed by atoms with van der Waals surface area (Å²) in [5.74, 6) is -1.36. The van der Waals surface area contributed by atoms with Crippen LogP contribution in [-0.4, -0.2) is 51.3 Å². The van der Waals surface area contributed by atoms with E-state index in [0.717, 1.165) is 5.56 Å². The third kappa shape index (κ3) is 4.53. The zero-order valence-corrected chi connectivity index (χ0v) is 13.4. The zero-order chi connectivity index (χ0) is 17.0. The van der Waals surface area contributed by atoms with Crippen molar-refractivity contribution in [3.63, 3.8) is 0 Å². The van der Waals surface area contributed by atoms with Gasteiger partial charge in [-0.2, -0.15) is 0 Å². The number of esters is 1. The van der Waals surface area contributed by atoms with Gasteiger partial charge < -0.3 is 14.9 Å². The van der Waals surface area contributed by atoms with Crippen molar-refractivity contribution < 1.29 is 24.5 Å². The summed E-state index contributed by atoms with van der Waals surface area (Å²) in [5, 5.41) is 19.0. The number of carboxylic acids is 1. The van der Waals surface area contributed by atoms with E-state index in [1.54, 1.807) is 18.7 Å². The number of benzene rings is 1. The first-order valence-corrected chi connectivity index (χ1v) is 7.67. The molecule has 1 aromatic carbocycles. The quantitative estimate of drug-likeness (QED) is 0.771. The number of nitrogens with zero attached hydrogens (tertiary/aromatic N) is 1. The smallest absolute Gasteiger partial charge is 0.321 e. The molecule has 6 heteroatoms. The first-order valence-electron chi connectivity index (χ1n) is 7.67. The third-order valence-corrected chi connectivity index (χ3v) is 4.16.